The zero-order valence-electron chi connectivity index (χ0n) is 21.0. The van der Waals surface area contributed by atoms with Crippen molar-refractivity contribution in [3.8, 4) is 0 Å². The molecule has 0 aliphatic carbocycles. The maximum atomic E-state index is 6.40. The number of imidazole rings is 1. The Hall–Kier alpha value is -3.31. The highest BCUT2D eigenvalue weighted by molar-refractivity contribution is 6.31. The lowest BCUT2D eigenvalue weighted by Crippen LogP contribution is -2.10. The molecule has 0 bridgehead atoms. The SMILES string of the molecule is C\C=C(Cl)/C=C(\C=C\CC)c1cn2c(C(C)CC)cnc2c(NCCc2c[nH]c3ccccc23)n1. The molecule has 182 valence electrons. The number of rotatable bonds is 10. The summed E-state index contributed by atoms with van der Waals surface area (Å²) in [5, 5.41) is 5.52. The summed E-state index contributed by atoms with van der Waals surface area (Å²) in [4.78, 5) is 13.1. The summed E-state index contributed by atoms with van der Waals surface area (Å²) in [6, 6.07) is 8.40. The Morgan fingerprint density at radius 2 is 2.09 bits per heavy atom. The summed E-state index contributed by atoms with van der Waals surface area (Å²) in [5.41, 5.74) is 6.31. The van der Waals surface area contributed by atoms with Crippen molar-refractivity contribution >= 4 is 39.5 Å². The number of fused-ring (bicyclic) bond motifs is 2. The minimum atomic E-state index is 0.386. The van der Waals surface area contributed by atoms with E-state index in [4.69, 9.17) is 21.6 Å². The number of hydrogen-bond acceptors (Lipinski definition) is 3. The molecule has 35 heavy (non-hydrogen) atoms. The molecule has 4 rings (SSSR count). The Kier molecular flexibility index (Phi) is 8.09. The molecule has 0 aliphatic heterocycles. The number of hydrogen-bond donors (Lipinski definition) is 2. The van der Waals surface area contributed by atoms with E-state index in [-0.39, 0.29) is 0 Å². The molecule has 4 aromatic rings. The second kappa shape index (κ2) is 11.4. The molecule has 0 saturated heterocycles. The number of aromatic amines is 1. The van der Waals surface area contributed by atoms with Crippen LogP contribution in [0.4, 0.5) is 5.82 Å². The van der Waals surface area contributed by atoms with E-state index in [1.165, 1.54) is 16.6 Å². The van der Waals surface area contributed by atoms with Gasteiger partial charge >= 0.3 is 0 Å². The normalized spacial score (nSPS) is 13.9. The quantitative estimate of drug-likeness (QED) is 0.224. The fourth-order valence-corrected chi connectivity index (χ4v) is 4.29. The van der Waals surface area contributed by atoms with E-state index in [0.29, 0.717) is 11.0 Å². The van der Waals surface area contributed by atoms with Crippen LogP contribution in [-0.4, -0.2) is 25.9 Å². The average molecular weight is 488 g/mol. The van der Waals surface area contributed by atoms with Gasteiger partial charge in [-0.3, -0.25) is 4.40 Å². The Balaban J connectivity index is 1.72. The van der Waals surface area contributed by atoms with Crippen LogP contribution in [-0.2, 0) is 6.42 Å². The maximum Gasteiger partial charge on any atom is 0.180 e. The number of para-hydroxylation sites is 1. The van der Waals surface area contributed by atoms with E-state index in [1.807, 2.05) is 25.3 Å². The molecule has 0 aliphatic rings. The summed E-state index contributed by atoms with van der Waals surface area (Å²) in [5.74, 6) is 1.17. The second-order valence-electron chi connectivity index (χ2n) is 8.78. The van der Waals surface area contributed by atoms with Crippen molar-refractivity contribution in [1.82, 2.24) is 19.4 Å². The number of nitrogens with zero attached hydrogens (tertiary/aromatic N) is 3. The van der Waals surface area contributed by atoms with Crippen molar-refractivity contribution < 1.29 is 0 Å². The lowest BCUT2D eigenvalue weighted by molar-refractivity contribution is 0.699. The zero-order chi connectivity index (χ0) is 24.8. The van der Waals surface area contributed by atoms with Crippen LogP contribution in [0.2, 0.25) is 0 Å². The Morgan fingerprint density at radius 3 is 2.86 bits per heavy atom. The minimum absolute atomic E-state index is 0.386. The molecule has 1 unspecified atom stereocenters. The van der Waals surface area contributed by atoms with E-state index < -0.39 is 0 Å². The lowest BCUT2D eigenvalue weighted by atomic mass is 10.1. The molecule has 0 amide bonds. The van der Waals surface area contributed by atoms with Crippen molar-refractivity contribution in [3.05, 3.63) is 89.1 Å². The largest absolute Gasteiger partial charge is 0.367 e. The van der Waals surface area contributed by atoms with Crippen LogP contribution in [0.5, 0.6) is 0 Å². The third-order valence-electron chi connectivity index (χ3n) is 6.40. The van der Waals surface area contributed by atoms with Crippen LogP contribution < -0.4 is 5.32 Å². The van der Waals surface area contributed by atoms with E-state index in [0.717, 1.165) is 54.1 Å². The first-order valence-electron chi connectivity index (χ1n) is 12.4. The van der Waals surface area contributed by atoms with Crippen molar-refractivity contribution in [2.45, 2.75) is 52.9 Å². The predicted molar refractivity (Wildman–Crippen MR) is 149 cm³/mol. The van der Waals surface area contributed by atoms with E-state index >= 15 is 0 Å². The van der Waals surface area contributed by atoms with Gasteiger partial charge in [0.1, 0.15) is 0 Å². The highest BCUT2D eigenvalue weighted by Crippen LogP contribution is 2.27. The fraction of sp³-hybridized carbons (Fsp3) is 0.310. The van der Waals surface area contributed by atoms with Gasteiger partial charge in [0.15, 0.2) is 11.5 Å². The highest BCUT2D eigenvalue weighted by atomic mass is 35.5. The lowest BCUT2D eigenvalue weighted by Gasteiger charge is -2.14. The number of benzene rings is 1. The summed E-state index contributed by atoms with van der Waals surface area (Å²) in [7, 11) is 0. The van der Waals surface area contributed by atoms with Crippen LogP contribution in [0, 0.1) is 0 Å². The van der Waals surface area contributed by atoms with Crippen molar-refractivity contribution in [2.75, 3.05) is 11.9 Å². The molecule has 6 heteroatoms. The maximum absolute atomic E-state index is 6.40. The Morgan fingerprint density at radius 1 is 1.26 bits per heavy atom. The third kappa shape index (κ3) is 5.51. The Labute approximate surface area is 212 Å². The first kappa shape index (κ1) is 24.8. The molecule has 0 radical (unpaired) electrons. The topological polar surface area (TPSA) is 58.0 Å². The van der Waals surface area contributed by atoms with Crippen molar-refractivity contribution in [3.63, 3.8) is 0 Å². The van der Waals surface area contributed by atoms with Gasteiger partial charge in [-0.05, 0) is 49.8 Å². The number of nitrogens with one attached hydrogen (secondary N) is 2. The van der Waals surface area contributed by atoms with Crippen LogP contribution in [0.25, 0.3) is 22.1 Å². The molecule has 0 fully saturated rings. The molecule has 1 atom stereocenters. The van der Waals surface area contributed by atoms with Gasteiger partial charge in [0.2, 0.25) is 0 Å². The van der Waals surface area contributed by atoms with Gasteiger partial charge < -0.3 is 10.3 Å². The molecular weight excluding hydrogens is 454 g/mol. The first-order valence-corrected chi connectivity index (χ1v) is 12.8. The zero-order valence-corrected chi connectivity index (χ0v) is 21.7. The summed E-state index contributed by atoms with van der Waals surface area (Å²) in [6.45, 7) is 9.24. The molecule has 2 N–H and O–H groups in total. The number of allylic oxidation sites excluding steroid dienone is 6. The van der Waals surface area contributed by atoms with Gasteiger partial charge in [-0.15, -0.1) is 0 Å². The minimum Gasteiger partial charge on any atom is -0.367 e. The number of halogens is 1. The van der Waals surface area contributed by atoms with Gasteiger partial charge in [0.25, 0.3) is 0 Å². The monoisotopic (exact) mass is 487 g/mol. The van der Waals surface area contributed by atoms with Crippen molar-refractivity contribution in [2.24, 2.45) is 0 Å². The second-order valence-corrected chi connectivity index (χ2v) is 9.22. The van der Waals surface area contributed by atoms with Crippen LogP contribution in [0.1, 0.15) is 63.4 Å². The summed E-state index contributed by atoms with van der Waals surface area (Å²) in [6.07, 6.45) is 17.1. The van der Waals surface area contributed by atoms with Crippen molar-refractivity contribution in [1.29, 1.82) is 0 Å². The van der Waals surface area contributed by atoms with Gasteiger partial charge in [0.05, 0.1) is 5.69 Å². The van der Waals surface area contributed by atoms with Crippen LogP contribution in [0.3, 0.4) is 0 Å². The standard InChI is InChI=1S/C29H34ClN5/c1-5-8-11-21(16-23(30)7-3)26-19-35-27(20(4)6-2)18-33-29(35)28(34-26)31-15-14-22-17-32-25-13-10-9-12-24(22)25/h7-13,16-20,32H,5-6,14-15H2,1-4H3,(H,31,34)/b11-8+,21-16+,23-7+. The smallest absolute Gasteiger partial charge is 0.180 e. The Bertz CT molecular complexity index is 1390. The van der Waals surface area contributed by atoms with Gasteiger partial charge in [-0.1, -0.05) is 68.8 Å². The molecule has 0 spiro atoms. The number of anilines is 1. The molecule has 3 aromatic heterocycles. The van der Waals surface area contributed by atoms with E-state index in [2.05, 4.69) is 84.3 Å². The summed E-state index contributed by atoms with van der Waals surface area (Å²) >= 11 is 6.40. The molecule has 5 nitrogen and oxygen atoms in total. The number of aromatic nitrogens is 4. The molecule has 3 heterocycles. The summed E-state index contributed by atoms with van der Waals surface area (Å²) < 4.78 is 2.18. The van der Waals surface area contributed by atoms with Gasteiger partial charge in [-0.25, -0.2) is 9.97 Å². The molecular formula is C29H34ClN5. The van der Waals surface area contributed by atoms with Crippen LogP contribution in [0.15, 0.2) is 72.2 Å². The van der Waals surface area contributed by atoms with Gasteiger partial charge in [-0.2, -0.15) is 0 Å². The third-order valence-corrected chi connectivity index (χ3v) is 6.73. The predicted octanol–water partition coefficient (Wildman–Crippen LogP) is 7.87. The molecule has 0 saturated carbocycles. The molecule has 1 aromatic carbocycles. The van der Waals surface area contributed by atoms with E-state index in [9.17, 15) is 0 Å². The average Bonchev–Trinajstić information content (AvgIpc) is 3.50. The van der Waals surface area contributed by atoms with E-state index in [1.54, 1.807) is 0 Å². The first-order chi connectivity index (χ1) is 17.0. The fourth-order valence-electron chi connectivity index (χ4n) is 4.18. The van der Waals surface area contributed by atoms with Gasteiger partial charge in [0, 0.05) is 52.3 Å². The van der Waals surface area contributed by atoms with Crippen LogP contribution >= 0.6 is 11.6 Å². The highest BCUT2D eigenvalue weighted by Gasteiger charge is 2.16. The number of H-pyrrole nitrogens is 1.